The fraction of sp³-hybridized carbons (Fsp3) is 0.308. The lowest BCUT2D eigenvalue weighted by molar-refractivity contribution is -0.132. The number of carbonyl (C=O) groups is 3. The molecular weight excluding hydrogens is 252 g/mol. The van der Waals surface area contributed by atoms with Gasteiger partial charge >= 0.3 is 17.9 Å². The highest BCUT2D eigenvalue weighted by atomic mass is 16.4. The summed E-state index contributed by atoms with van der Waals surface area (Å²) in [6.45, 7) is 13.2. The van der Waals surface area contributed by atoms with Gasteiger partial charge in [0.15, 0.2) is 0 Å². The third-order valence-corrected chi connectivity index (χ3v) is 1.02. The first kappa shape index (κ1) is 25.5. The molecule has 0 heterocycles. The first-order valence-corrected chi connectivity index (χ1v) is 5.29. The molecular formula is C13H22O6. The van der Waals surface area contributed by atoms with Crippen LogP contribution in [0.15, 0.2) is 38.0 Å². The van der Waals surface area contributed by atoms with Crippen molar-refractivity contribution < 1.29 is 29.7 Å². The molecule has 6 nitrogen and oxygen atoms in total. The molecule has 0 unspecified atom stereocenters. The molecule has 19 heavy (non-hydrogen) atoms. The Morgan fingerprint density at radius 1 is 0.737 bits per heavy atom. The van der Waals surface area contributed by atoms with Gasteiger partial charge < -0.3 is 15.3 Å². The normalized spacial score (nSPS) is 6.63. The zero-order valence-corrected chi connectivity index (χ0v) is 11.3. The Balaban J connectivity index is -0.0000000793. The second kappa shape index (κ2) is 24.7. The van der Waals surface area contributed by atoms with Crippen LogP contribution in [0.4, 0.5) is 0 Å². The standard InChI is InChI=1S/C4H10.3C3H4O2/c1-3-4-2;3*1-2-3(4)5/h3-4H2,1-2H3;3*2H,1H2,(H,4,5). The molecule has 0 amide bonds. The molecule has 0 aromatic heterocycles. The zero-order valence-electron chi connectivity index (χ0n) is 11.3. The number of aliphatic carboxylic acids is 3. The van der Waals surface area contributed by atoms with Crippen molar-refractivity contribution in [3.63, 3.8) is 0 Å². The van der Waals surface area contributed by atoms with Gasteiger partial charge in [0.1, 0.15) is 0 Å². The van der Waals surface area contributed by atoms with Crippen LogP contribution >= 0.6 is 0 Å². The van der Waals surface area contributed by atoms with Crippen molar-refractivity contribution in [2.24, 2.45) is 0 Å². The van der Waals surface area contributed by atoms with Gasteiger partial charge in [-0.2, -0.15) is 0 Å². The topological polar surface area (TPSA) is 112 Å². The molecule has 0 fully saturated rings. The smallest absolute Gasteiger partial charge is 0.327 e. The molecule has 0 saturated heterocycles. The summed E-state index contributed by atoms with van der Waals surface area (Å²) in [5.74, 6) is -2.94. The van der Waals surface area contributed by atoms with E-state index in [0.29, 0.717) is 0 Å². The number of hydrogen-bond acceptors (Lipinski definition) is 3. The van der Waals surface area contributed by atoms with Crippen LogP contribution in [0, 0.1) is 0 Å². The second-order valence-corrected chi connectivity index (χ2v) is 2.63. The van der Waals surface area contributed by atoms with Gasteiger partial charge in [-0.25, -0.2) is 14.4 Å². The van der Waals surface area contributed by atoms with Crippen molar-refractivity contribution >= 4 is 17.9 Å². The van der Waals surface area contributed by atoms with E-state index < -0.39 is 17.9 Å². The van der Waals surface area contributed by atoms with Crippen LogP contribution in [0.25, 0.3) is 0 Å². The second-order valence-electron chi connectivity index (χ2n) is 2.63. The lowest BCUT2D eigenvalue weighted by Gasteiger charge is -1.68. The predicted molar refractivity (Wildman–Crippen MR) is 74.1 cm³/mol. The van der Waals surface area contributed by atoms with Crippen LogP contribution in [-0.2, 0) is 14.4 Å². The Morgan fingerprint density at radius 2 is 0.842 bits per heavy atom. The Hall–Kier alpha value is -2.37. The maximum Gasteiger partial charge on any atom is 0.327 e. The van der Waals surface area contributed by atoms with E-state index in [2.05, 4.69) is 33.6 Å². The number of hydrogen-bond donors (Lipinski definition) is 3. The molecule has 0 aliphatic rings. The van der Waals surface area contributed by atoms with Gasteiger partial charge in [0.2, 0.25) is 0 Å². The maximum atomic E-state index is 9.25. The third-order valence-electron chi connectivity index (χ3n) is 1.02. The van der Waals surface area contributed by atoms with Crippen LogP contribution < -0.4 is 0 Å². The predicted octanol–water partition coefficient (Wildman–Crippen LogP) is 2.58. The van der Waals surface area contributed by atoms with Crippen molar-refractivity contribution in [2.75, 3.05) is 0 Å². The van der Waals surface area contributed by atoms with E-state index in [-0.39, 0.29) is 0 Å². The summed E-state index contributed by atoms with van der Waals surface area (Å²) >= 11 is 0. The van der Waals surface area contributed by atoms with Crippen LogP contribution in [0.2, 0.25) is 0 Å². The minimum atomic E-state index is -0.981. The van der Waals surface area contributed by atoms with E-state index in [0.717, 1.165) is 18.2 Å². The molecule has 0 atom stereocenters. The molecule has 0 radical (unpaired) electrons. The van der Waals surface area contributed by atoms with Gasteiger partial charge in [-0.05, 0) is 0 Å². The van der Waals surface area contributed by atoms with Gasteiger partial charge in [-0.1, -0.05) is 46.4 Å². The Labute approximate surface area is 113 Å². The van der Waals surface area contributed by atoms with Gasteiger partial charge in [0.05, 0.1) is 0 Å². The Morgan fingerprint density at radius 3 is 0.842 bits per heavy atom. The SMILES string of the molecule is C=CC(=O)O.C=CC(=O)O.C=CC(=O)O.CCCC. The first-order valence-electron chi connectivity index (χ1n) is 5.29. The van der Waals surface area contributed by atoms with Crippen molar-refractivity contribution in [1.82, 2.24) is 0 Å². The molecule has 0 spiro atoms. The molecule has 0 aromatic carbocycles. The highest BCUT2D eigenvalue weighted by Gasteiger charge is 1.74. The number of unbranched alkanes of at least 4 members (excludes halogenated alkanes) is 1. The van der Waals surface area contributed by atoms with Gasteiger partial charge in [-0.15, -0.1) is 0 Å². The highest BCUT2D eigenvalue weighted by Crippen LogP contribution is 1.76. The van der Waals surface area contributed by atoms with Crippen molar-refractivity contribution in [2.45, 2.75) is 26.7 Å². The maximum absolute atomic E-state index is 9.25. The van der Waals surface area contributed by atoms with E-state index in [1.807, 2.05) is 0 Å². The van der Waals surface area contributed by atoms with Gasteiger partial charge in [0, 0.05) is 18.2 Å². The molecule has 0 bridgehead atoms. The summed E-state index contributed by atoms with van der Waals surface area (Å²) in [4.78, 5) is 27.8. The molecule has 110 valence electrons. The first-order chi connectivity index (χ1) is 8.72. The average Bonchev–Trinajstić information content (AvgIpc) is 2.40. The molecule has 6 heteroatoms. The van der Waals surface area contributed by atoms with Gasteiger partial charge in [0.25, 0.3) is 0 Å². The van der Waals surface area contributed by atoms with Crippen molar-refractivity contribution in [1.29, 1.82) is 0 Å². The molecule has 0 aromatic rings. The highest BCUT2D eigenvalue weighted by molar-refractivity contribution is 5.79. The van der Waals surface area contributed by atoms with Gasteiger partial charge in [-0.3, -0.25) is 0 Å². The number of carboxylic acids is 3. The number of rotatable bonds is 4. The van der Waals surface area contributed by atoms with Crippen LogP contribution in [-0.4, -0.2) is 33.2 Å². The molecule has 0 aliphatic heterocycles. The van der Waals surface area contributed by atoms with E-state index in [4.69, 9.17) is 15.3 Å². The summed E-state index contributed by atoms with van der Waals surface area (Å²) in [5.41, 5.74) is 0. The van der Waals surface area contributed by atoms with Crippen LogP contribution in [0.5, 0.6) is 0 Å². The largest absolute Gasteiger partial charge is 0.478 e. The lowest BCUT2D eigenvalue weighted by atomic mass is 10.4. The van der Waals surface area contributed by atoms with Crippen molar-refractivity contribution in [3.05, 3.63) is 38.0 Å². The molecule has 0 rings (SSSR count). The van der Waals surface area contributed by atoms with Crippen LogP contribution in [0.1, 0.15) is 26.7 Å². The monoisotopic (exact) mass is 274 g/mol. The van der Waals surface area contributed by atoms with E-state index >= 15 is 0 Å². The lowest BCUT2D eigenvalue weighted by Crippen LogP contribution is -1.82. The van der Waals surface area contributed by atoms with E-state index in [1.54, 1.807) is 0 Å². The summed E-state index contributed by atoms with van der Waals surface area (Å²) < 4.78 is 0. The Bertz CT molecular complexity index is 236. The fourth-order valence-corrected chi connectivity index (χ4v) is 0. The molecule has 3 N–H and O–H groups in total. The quantitative estimate of drug-likeness (QED) is 0.679. The Kier molecular flexibility index (Phi) is 33.2. The summed E-state index contributed by atoms with van der Waals surface area (Å²) in [6, 6.07) is 0. The average molecular weight is 274 g/mol. The zero-order chi connectivity index (χ0) is 16.3. The van der Waals surface area contributed by atoms with E-state index in [9.17, 15) is 14.4 Å². The van der Waals surface area contributed by atoms with E-state index in [1.165, 1.54) is 12.8 Å². The van der Waals surface area contributed by atoms with Crippen LogP contribution in [0.3, 0.4) is 0 Å². The van der Waals surface area contributed by atoms with Crippen molar-refractivity contribution in [3.8, 4) is 0 Å². The summed E-state index contributed by atoms with van der Waals surface area (Å²) in [5, 5.41) is 22.8. The minimum Gasteiger partial charge on any atom is -0.478 e. The summed E-state index contributed by atoms with van der Waals surface area (Å²) in [6.07, 6.45) is 5.14. The molecule has 0 aliphatic carbocycles. The third kappa shape index (κ3) is 135. The summed E-state index contributed by atoms with van der Waals surface area (Å²) in [7, 11) is 0. The minimum absolute atomic E-state index is 0.833. The number of carboxylic acid groups (broad SMARTS) is 3. The molecule has 0 saturated carbocycles. The fourth-order valence-electron chi connectivity index (χ4n) is 0.